The Kier molecular flexibility index (Phi) is 3.92. The van der Waals surface area contributed by atoms with Gasteiger partial charge in [0.2, 0.25) is 0 Å². The molecule has 1 saturated heterocycles. The van der Waals surface area contributed by atoms with Crippen molar-refractivity contribution in [3.63, 3.8) is 0 Å². The number of rotatable bonds is 2. The van der Waals surface area contributed by atoms with Crippen LogP contribution in [0.5, 0.6) is 0 Å². The summed E-state index contributed by atoms with van der Waals surface area (Å²) in [5.74, 6) is 0.848. The summed E-state index contributed by atoms with van der Waals surface area (Å²) < 4.78 is 0. The third kappa shape index (κ3) is 3.38. The minimum atomic E-state index is 0.671. The summed E-state index contributed by atoms with van der Waals surface area (Å²) in [7, 11) is 2.21. The van der Waals surface area contributed by atoms with Gasteiger partial charge in [0, 0.05) is 11.8 Å². The molecule has 1 fully saturated rings. The monoisotopic (exact) mass is 227 g/mol. The molecule has 2 aliphatic rings. The van der Waals surface area contributed by atoms with Gasteiger partial charge in [0.15, 0.2) is 5.17 Å². The van der Waals surface area contributed by atoms with Gasteiger partial charge in [-0.05, 0) is 38.9 Å². The molecule has 0 aromatic heterocycles. The summed E-state index contributed by atoms with van der Waals surface area (Å²) >= 11 is 1.88. The molecule has 1 N–H and O–H groups in total. The van der Waals surface area contributed by atoms with E-state index in [0.29, 0.717) is 5.25 Å². The maximum Gasteiger partial charge on any atom is 0.156 e. The van der Waals surface area contributed by atoms with Gasteiger partial charge < -0.3 is 10.2 Å². The van der Waals surface area contributed by atoms with E-state index in [1.165, 1.54) is 31.1 Å². The summed E-state index contributed by atoms with van der Waals surface area (Å²) in [5.41, 5.74) is 0. The number of nitrogens with one attached hydrogen (secondary N) is 1. The van der Waals surface area contributed by atoms with Crippen molar-refractivity contribution in [3.05, 3.63) is 0 Å². The Bertz CT molecular complexity index is 234. The summed E-state index contributed by atoms with van der Waals surface area (Å²) in [6.07, 6.45) is 2.66. The highest BCUT2D eigenvalue weighted by molar-refractivity contribution is 8.14. The lowest BCUT2D eigenvalue weighted by molar-refractivity contribution is 0.220. The second-order valence-corrected chi connectivity index (χ2v) is 6.13. The van der Waals surface area contributed by atoms with Crippen LogP contribution in [0.4, 0.5) is 0 Å². The molecule has 2 aliphatic heterocycles. The average molecular weight is 227 g/mol. The molecule has 86 valence electrons. The zero-order valence-corrected chi connectivity index (χ0v) is 10.5. The van der Waals surface area contributed by atoms with Crippen LogP contribution >= 0.6 is 11.8 Å². The van der Waals surface area contributed by atoms with Crippen molar-refractivity contribution in [1.29, 1.82) is 0 Å². The van der Waals surface area contributed by atoms with E-state index in [2.05, 4.69) is 29.2 Å². The van der Waals surface area contributed by atoms with E-state index in [0.717, 1.165) is 19.0 Å². The molecule has 0 saturated carbocycles. The number of piperidine rings is 1. The van der Waals surface area contributed by atoms with E-state index < -0.39 is 0 Å². The Morgan fingerprint density at radius 3 is 2.80 bits per heavy atom. The van der Waals surface area contributed by atoms with Crippen molar-refractivity contribution < 1.29 is 0 Å². The SMILES string of the molecule is CC1CN=C(NCC2CCN(C)CC2)S1. The predicted molar refractivity (Wildman–Crippen MR) is 67.6 cm³/mol. The normalized spacial score (nSPS) is 29.2. The molecule has 0 radical (unpaired) electrons. The molecule has 4 heteroatoms. The standard InChI is InChI=1S/C11H21N3S/c1-9-7-12-11(15-9)13-8-10-3-5-14(2)6-4-10/h9-10H,3-8H2,1-2H3,(H,12,13). The highest BCUT2D eigenvalue weighted by Crippen LogP contribution is 2.20. The first-order chi connectivity index (χ1) is 7.24. The van der Waals surface area contributed by atoms with Gasteiger partial charge in [0.25, 0.3) is 0 Å². The number of thioether (sulfide) groups is 1. The molecule has 1 atom stereocenters. The molecule has 0 amide bonds. The number of amidine groups is 1. The molecule has 0 bridgehead atoms. The summed E-state index contributed by atoms with van der Waals surface area (Å²) in [4.78, 5) is 6.89. The smallest absolute Gasteiger partial charge is 0.156 e. The van der Waals surface area contributed by atoms with Gasteiger partial charge in [-0.15, -0.1) is 0 Å². The third-order valence-corrected chi connectivity index (χ3v) is 4.23. The fraction of sp³-hybridized carbons (Fsp3) is 0.909. The van der Waals surface area contributed by atoms with Crippen molar-refractivity contribution in [1.82, 2.24) is 10.2 Å². The fourth-order valence-electron chi connectivity index (χ4n) is 2.07. The van der Waals surface area contributed by atoms with Crippen LogP contribution in [0.3, 0.4) is 0 Å². The maximum atomic E-state index is 4.47. The predicted octanol–water partition coefficient (Wildman–Crippen LogP) is 1.41. The van der Waals surface area contributed by atoms with Gasteiger partial charge in [-0.3, -0.25) is 4.99 Å². The maximum absolute atomic E-state index is 4.47. The topological polar surface area (TPSA) is 27.6 Å². The minimum Gasteiger partial charge on any atom is -0.365 e. The summed E-state index contributed by atoms with van der Waals surface area (Å²) in [6.45, 7) is 6.84. The van der Waals surface area contributed by atoms with Gasteiger partial charge >= 0.3 is 0 Å². The molecule has 1 unspecified atom stereocenters. The highest BCUT2D eigenvalue weighted by Gasteiger charge is 2.19. The second kappa shape index (κ2) is 5.21. The molecule has 0 aromatic rings. The molecule has 2 rings (SSSR count). The molecular weight excluding hydrogens is 206 g/mol. The van der Waals surface area contributed by atoms with Crippen LogP contribution in [-0.4, -0.2) is 48.5 Å². The van der Waals surface area contributed by atoms with Gasteiger partial charge in [-0.1, -0.05) is 18.7 Å². The van der Waals surface area contributed by atoms with Crippen molar-refractivity contribution in [2.24, 2.45) is 10.9 Å². The Labute approximate surface area is 96.7 Å². The first kappa shape index (κ1) is 11.3. The van der Waals surface area contributed by atoms with Gasteiger partial charge in [0.05, 0.1) is 6.54 Å². The quantitative estimate of drug-likeness (QED) is 0.773. The molecule has 0 spiro atoms. The number of hydrogen-bond donors (Lipinski definition) is 1. The number of hydrogen-bond acceptors (Lipinski definition) is 4. The molecule has 2 heterocycles. The van der Waals surface area contributed by atoms with Crippen molar-refractivity contribution in [3.8, 4) is 0 Å². The summed E-state index contributed by atoms with van der Waals surface area (Å²) in [5, 5.41) is 5.33. The van der Waals surface area contributed by atoms with Crippen molar-refractivity contribution in [2.75, 3.05) is 33.2 Å². The Morgan fingerprint density at radius 1 is 1.47 bits per heavy atom. The van der Waals surface area contributed by atoms with Crippen LogP contribution < -0.4 is 5.32 Å². The fourth-order valence-corrected chi connectivity index (χ4v) is 2.92. The molecule has 15 heavy (non-hydrogen) atoms. The third-order valence-electron chi connectivity index (χ3n) is 3.18. The minimum absolute atomic E-state index is 0.671. The van der Waals surface area contributed by atoms with Crippen molar-refractivity contribution in [2.45, 2.75) is 25.0 Å². The van der Waals surface area contributed by atoms with Crippen LogP contribution in [0.2, 0.25) is 0 Å². The first-order valence-corrected chi connectivity index (χ1v) is 6.75. The second-order valence-electron chi connectivity index (χ2n) is 4.70. The number of aliphatic imine (C=N–C) groups is 1. The van der Waals surface area contributed by atoms with Gasteiger partial charge in [-0.25, -0.2) is 0 Å². The Morgan fingerprint density at radius 2 is 2.20 bits per heavy atom. The van der Waals surface area contributed by atoms with Crippen LogP contribution in [0.25, 0.3) is 0 Å². The van der Waals surface area contributed by atoms with E-state index in [9.17, 15) is 0 Å². The lowest BCUT2D eigenvalue weighted by Gasteiger charge is -2.29. The Hall–Kier alpha value is -0.220. The highest BCUT2D eigenvalue weighted by atomic mass is 32.2. The van der Waals surface area contributed by atoms with Gasteiger partial charge in [-0.2, -0.15) is 0 Å². The molecular formula is C11H21N3S. The molecule has 3 nitrogen and oxygen atoms in total. The van der Waals surface area contributed by atoms with Crippen LogP contribution in [-0.2, 0) is 0 Å². The van der Waals surface area contributed by atoms with E-state index in [1.54, 1.807) is 0 Å². The lowest BCUT2D eigenvalue weighted by atomic mass is 9.97. The number of nitrogens with zero attached hydrogens (tertiary/aromatic N) is 2. The zero-order valence-electron chi connectivity index (χ0n) is 9.70. The number of likely N-dealkylation sites (tertiary alicyclic amines) is 1. The van der Waals surface area contributed by atoms with E-state index in [1.807, 2.05) is 11.8 Å². The van der Waals surface area contributed by atoms with E-state index >= 15 is 0 Å². The summed E-state index contributed by atoms with van der Waals surface area (Å²) in [6, 6.07) is 0. The lowest BCUT2D eigenvalue weighted by Crippen LogP contribution is -2.36. The first-order valence-electron chi connectivity index (χ1n) is 5.87. The molecule has 0 aromatic carbocycles. The van der Waals surface area contributed by atoms with Crippen molar-refractivity contribution >= 4 is 16.9 Å². The van der Waals surface area contributed by atoms with Gasteiger partial charge in [0.1, 0.15) is 0 Å². The van der Waals surface area contributed by atoms with Crippen LogP contribution in [0, 0.1) is 5.92 Å². The average Bonchev–Trinajstić information content (AvgIpc) is 2.64. The van der Waals surface area contributed by atoms with E-state index in [-0.39, 0.29) is 0 Å². The molecule has 0 aliphatic carbocycles. The van der Waals surface area contributed by atoms with Crippen LogP contribution in [0.15, 0.2) is 4.99 Å². The van der Waals surface area contributed by atoms with E-state index in [4.69, 9.17) is 0 Å². The Balaban J connectivity index is 1.66. The zero-order chi connectivity index (χ0) is 10.7. The van der Waals surface area contributed by atoms with Crippen LogP contribution in [0.1, 0.15) is 19.8 Å². The largest absolute Gasteiger partial charge is 0.365 e.